The molecule has 0 amide bonds. The van der Waals surface area contributed by atoms with Crippen LogP contribution in [0.2, 0.25) is 5.15 Å². The molecule has 0 bridgehead atoms. The van der Waals surface area contributed by atoms with Crippen LogP contribution in [0.15, 0.2) is 24.5 Å². The summed E-state index contributed by atoms with van der Waals surface area (Å²) in [5.74, 6) is -1.46. The maximum atomic E-state index is 13.6. The molecule has 6 heteroatoms. The highest BCUT2D eigenvalue weighted by molar-refractivity contribution is 6.30. The highest BCUT2D eigenvalue weighted by Crippen LogP contribution is 2.26. The van der Waals surface area contributed by atoms with Crippen molar-refractivity contribution in [3.63, 3.8) is 0 Å². The Morgan fingerprint density at radius 2 is 2.05 bits per heavy atom. The van der Waals surface area contributed by atoms with Gasteiger partial charge < -0.3 is 5.32 Å². The minimum absolute atomic E-state index is 0.0205. The van der Waals surface area contributed by atoms with E-state index < -0.39 is 11.6 Å². The number of hydrogen-bond acceptors (Lipinski definition) is 3. The number of rotatable bonds is 4. The first-order valence-corrected chi connectivity index (χ1v) is 6.21. The fourth-order valence-corrected chi connectivity index (χ4v) is 1.93. The van der Waals surface area contributed by atoms with Crippen molar-refractivity contribution < 1.29 is 8.78 Å². The average Bonchev–Trinajstić information content (AvgIpc) is 2.39. The van der Waals surface area contributed by atoms with E-state index in [1.165, 1.54) is 18.5 Å². The standard InChI is InChI=1S/C13H12ClF2N3/c1-2-4-8-12(14)17-7-18-13(8)19-10-6-3-5-9(15)11(10)16/h3,5-7H,2,4H2,1H3,(H,17,18,19). The Bertz CT molecular complexity index is 590. The lowest BCUT2D eigenvalue weighted by atomic mass is 10.2. The number of halogens is 3. The van der Waals surface area contributed by atoms with Gasteiger partial charge in [0.1, 0.15) is 17.3 Å². The third-order valence-electron chi connectivity index (χ3n) is 2.60. The smallest absolute Gasteiger partial charge is 0.182 e. The highest BCUT2D eigenvalue weighted by Gasteiger charge is 2.13. The lowest BCUT2D eigenvalue weighted by molar-refractivity contribution is 0.511. The van der Waals surface area contributed by atoms with Crippen LogP contribution in [0.5, 0.6) is 0 Å². The topological polar surface area (TPSA) is 37.8 Å². The van der Waals surface area contributed by atoms with E-state index in [-0.39, 0.29) is 5.69 Å². The van der Waals surface area contributed by atoms with Gasteiger partial charge in [-0.05, 0) is 18.6 Å². The molecule has 0 radical (unpaired) electrons. The molecule has 0 unspecified atom stereocenters. The molecule has 2 aromatic rings. The van der Waals surface area contributed by atoms with E-state index >= 15 is 0 Å². The minimum atomic E-state index is -0.945. The predicted molar refractivity (Wildman–Crippen MR) is 70.7 cm³/mol. The summed E-state index contributed by atoms with van der Waals surface area (Å²) in [5, 5.41) is 3.07. The zero-order chi connectivity index (χ0) is 13.8. The largest absolute Gasteiger partial charge is 0.337 e. The lowest BCUT2D eigenvalue weighted by Crippen LogP contribution is -2.03. The molecule has 1 aromatic carbocycles. The molecule has 100 valence electrons. The molecule has 3 nitrogen and oxygen atoms in total. The van der Waals surface area contributed by atoms with E-state index in [4.69, 9.17) is 11.6 Å². The van der Waals surface area contributed by atoms with E-state index in [0.717, 1.165) is 12.5 Å². The molecule has 0 saturated carbocycles. The molecule has 0 aliphatic heterocycles. The summed E-state index contributed by atoms with van der Waals surface area (Å²) in [6.45, 7) is 1.98. The summed E-state index contributed by atoms with van der Waals surface area (Å²) in [6, 6.07) is 3.91. The van der Waals surface area contributed by atoms with Gasteiger partial charge in [-0.15, -0.1) is 0 Å². The molecule has 1 aromatic heterocycles. The van der Waals surface area contributed by atoms with Crippen LogP contribution in [0.4, 0.5) is 20.3 Å². The van der Waals surface area contributed by atoms with Gasteiger partial charge in [0.15, 0.2) is 11.6 Å². The normalized spacial score (nSPS) is 10.5. The molecule has 0 spiro atoms. The molecule has 0 aliphatic carbocycles. The molecule has 0 aliphatic rings. The first-order valence-electron chi connectivity index (χ1n) is 5.84. The summed E-state index contributed by atoms with van der Waals surface area (Å²) in [7, 11) is 0. The third kappa shape index (κ3) is 2.98. The van der Waals surface area contributed by atoms with Crippen LogP contribution in [0, 0.1) is 11.6 Å². The number of hydrogen-bond donors (Lipinski definition) is 1. The van der Waals surface area contributed by atoms with Crippen molar-refractivity contribution in [1.82, 2.24) is 9.97 Å². The first kappa shape index (κ1) is 13.7. The Morgan fingerprint density at radius 1 is 1.26 bits per heavy atom. The van der Waals surface area contributed by atoms with Gasteiger partial charge in [0.05, 0.1) is 5.69 Å². The van der Waals surface area contributed by atoms with Crippen molar-refractivity contribution in [2.45, 2.75) is 19.8 Å². The number of anilines is 2. The fraction of sp³-hybridized carbons (Fsp3) is 0.231. The van der Waals surface area contributed by atoms with Gasteiger partial charge in [-0.3, -0.25) is 0 Å². The Hall–Kier alpha value is -1.75. The molecule has 0 saturated heterocycles. The molecule has 1 heterocycles. The summed E-state index contributed by atoms with van der Waals surface area (Å²) in [6.07, 6.45) is 2.77. The second-order valence-corrected chi connectivity index (χ2v) is 4.33. The summed E-state index contributed by atoms with van der Waals surface area (Å²) >= 11 is 5.99. The molecule has 1 N–H and O–H groups in total. The number of nitrogens with one attached hydrogen (secondary N) is 1. The number of nitrogens with zero attached hydrogens (tertiary/aromatic N) is 2. The second-order valence-electron chi connectivity index (χ2n) is 3.97. The number of benzene rings is 1. The van der Waals surface area contributed by atoms with Gasteiger partial charge in [0.25, 0.3) is 0 Å². The van der Waals surface area contributed by atoms with Gasteiger partial charge in [-0.25, -0.2) is 18.7 Å². The zero-order valence-corrected chi connectivity index (χ0v) is 11.0. The zero-order valence-electron chi connectivity index (χ0n) is 10.3. The van der Waals surface area contributed by atoms with Crippen LogP contribution in [0.1, 0.15) is 18.9 Å². The van der Waals surface area contributed by atoms with E-state index in [2.05, 4.69) is 15.3 Å². The molecule has 19 heavy (non-hydrogen) atoms. The van der Waals surface area contributed by atoms with Crippen molar-refractivity contribution in [2.24, 2.45) is 0 Å². The summed E-state index contributed by atoms with van der Waals surface area (Å²) < 4.78 is 26.7. The van der Waals surface area contributed by atoms with E-state index in [9.17, 15) is 8.78 Å². The molecular weight excluding hydrogens is 272 g/mol. The maximum Gasteiger partial charge on any atom is 0.182 e. The lowest BCUT2D eigenvalue weighted by Gasteiger charge is -2.11. The van der Waals surface area contributed by atoms with Crippen LogP contribution in [0.3, 0.4) is 0 Å². The third-order valence-corrected chi connectivity index (χ3v) is 2.92. The Kier molecular flexibility index (Phi) is 4.27. The monoisotopic (exact) mass is 283 g/mol. The van der Waals surface area contributed by atoms with E-state index in [0.29, 0.717) is 23.0 Å². The highest BCUT2D eigenvalue weighted by atomic mass is 35.5. The van der Waals surface area contributed by atoms with Crippen molar-refractivity contribution in [1.29, 1.82) is 0 Å². The second kappa shape index (κ2) is 5.93. The van der Waals surface area contributed by atoms with Gasteiger partial charge in [-0.1, -0.05) is 31.0 Å². The number of aromatic nitrogens is 2. The SMILES string of the molecule is CCCc1c(Cl)ncnc1Nc1cccc(F)c1F. The van der Waals surface area contributed by atoms with Crippen molar-refractivity contribution >= 4 is 23.1 Å². The average molecular weight is 284 g/mol. The summed E-state index contributed by atoms with van der Waals surface area (Å²) in [4.78, 5) is 7.91. The van der Waals surface area contributed by atoms with Crippen molar-refractivity contribution in [2.75, 3.05) is 5.32 Å². The molecule has 2 rings (SSSR count). The van der Waals surface area contributed by atoms with Crippen LogP contribution >= 0.6 is 11.6 Å². The Balaban J connectivity index is 2.38. The molecule has 0 fully saturated rings. The predicted octanol–water partition coefficient (Wildman–Crippen LogP) is 4.10. The van der Waals surface area contributed by atoms with E-state index in [1.807, 2.05) is 6.92 Å². The molecular formula is C13H12ClF2N3. The van der Waals surface area contributed by atoms with Gasteiger partial charge in [-0.2, -0.15) is 0 Å². The fourth-order valence-electron chi connectivity index (χ4n) is 1.70. The Morgan fingerprint density at radius 3 is 2.79 bits per heavy atom. The van der Waals surface area contributed by atoms with Crippen LogP contribution in [0.25, 0.3) is 0 Å². The van der Waals surface area contributed by atoms with Crippen molar-refractivity contribution in [3.8, 4) is 0 Å². The van der Waals surface area contributed by atoms with Crippen LogP contribution < -0.4 is 5.32 Å². The van der Waals surface area contributed by atoms with E-state index in [1.54, 1.807) is 0 Å². The molecule has 0 atom stereocenters. The van der Waals surface area contributed by atoms with Gasteiger partial charge in [0.2, 0.25) is 0 Å². The van der Waals surface area contributed by atoms with Crippen LogP contribution in [-0.4, -0.2) is 9.97 Å². The Labute approximate surface area is 114 Å². The maximum absolute atomic E-state index is 13.6. The van der Waals surface area contributed by atoms with Crippen LogP contribution in [-0.2, 0) is 6.42 Å². The quantitative estimate of drug-likeness (QED) is 0.858. The summed E-state index contributed by atoms with van der Waals surface area (Å²) in [5.41, 5.74) is 0.711. The van der Waals surface area contributed by atoms with Crippen molar-refractivity contribution in [3.05, 3.63) is 46.9 Å². The minimum Gasteiger partial charge on any atom is -0.337 e. The first-order chi connectivity index (χ1) is 9.13. The van der Waals surface area contributed by atoms with Gasteiger partial charge in [0, 0.05) is 5.56 Å². The van der Waals surface area contributed by atoms with Gasteiger partial charge >= 0.3 is 0 Å².